The molecule has 0 amide bonds. The van der Waals surface area contributed by atoms with Crippen LogP contribution in [-0.4, -0.2) is 44.9 Å². The SMILES string of the molecule is Cc1cc2c(cc1C)[C@@H](O)CC1(CCN(C[C@@H](O)c3c(C)n(C)c4ccccc34)CC1)O2. The lowest BCUT2D eigenvalue weighted by molar-refractivity contribution is -0.0588. The molecule has 1 fully saturated rings. The maximum absolute atomic E-state index is 11.2. The summed E-state index contributed by atoms with van der Waals surface area (Å²) in [5.74, 6) is 0.840. The fourth-order valence-corrected chi connectivity index (χ4v) is 5.65. The number of β-amino-alcohol motifs (C(OH)–C–C–N with tert-alkyl or cyclic N) is 1. The van der Waals surface area contributed by atoms with Crippen LogP contribution in [0, 0.1) is 20.8 Å². The van der Waals surface area contributed by atoms with E-state index in [2.05, 4.69) is 61.6 Å². The van der Waals surface area contributed by atoms with E-state index in [0.29, 0.717) is 13.0 Å². The van der Waals surface area contributed by atoms with Gasteiger partial charge in [0.25, 0.3) is 0 Å². The van der Waals surface area contributed by atoms with E-state index in [4.69, 9.17) is 4.74 Å². The van der Waals surface area contributed by atoms with E-state index in [9.17, 15) is 10.2 Å². The number of nitrogens with zero attached hydrogens (tertiary/aromatic N) is 2. The number of piperidine rings is 1. The first-order valence-corrected chi connectivity index (χ1v) is 11.7. The van der Waals surface area contributed by atoms with Crippen LogP contribution in [0.15, 0.2) is 36.4 Å². The van der Waals surface area contributed by atoms with Crippen LogP contribution in [-0.2, 0) is 7.05 Å². The van der Waals surface area contributed by atoms with Gasteiger partial charge < -0.3 is 24.4 Å². The minimum Gasteiger partial charge on any atom is -0.487 e. The van der Waals surface area contributed by atoms with E-state index in [1.54, 1.807) is 0 Å². The number of para-hydroxylation sites is 1. The summed E-state index contributed by atoms with van der Waals surface area (Å²) in [6, 6.07) is 12.4. The van der Waals surface area contributed by atoms with Gasteiger partial charge in [0, 0.05) is 60.8 Å². The average molecular weight is 435 g/mol. The van der Waals surface area contributed by atoms with E-state index in [1.807, 2.05) is 12.1 Å². The molecule has 32 heavy (non-hydrogen) atoms. The van der Waals surface area contributed by atoms with Crippen molar-refractivity contribution in [1.82, 2.24) is 9.47 Å². The van der Waals surface area contributed by atoms with Gasteiger partial charge in [-0.05, 0) is 62.9 Å². The van der Waals surface area contributed by atoms with E-state index in [1.165, 1.54) is 11.1 Å². The van der Waals surface area contributed by atoms with E-state index >= 15 is 0 Å². The van der Waals surface area contributed by atoms with Crippen molar-refractivity contribution in [2.24, 2.45) is 7.05 Å². The lowest BCUT2D eigenvalue weighted by atomic mass is 9.81. The van der Waals surface area contributed by atoms with Crippen LogP contribution in [0.5, 0.6) is 5.75 Å². The van der Waals surface area contributed by atoms with Crippen molar-refractivity contribution in [2.45, 2.75) is 57.8 Å². The Kier molecular flexibility index (Phi) is 5.31. The zero-order valence-corrected chi connectivity index (χ0v) is 19.6. The molecule has 2 aliphatic rings. The maximum Gasteiger partial charge on any atom is 0.126 e. The third-order valence-electron chi connectivity index (χ3n) is 7.86. The number of aliphatic hydroxyl groups is 2. The number of aliphatic hydroxyl groups excluding tert-OH is 2. The first kappa shape index (κ1) is 21.5. The third-order valence-corrected chi connectivity index (χ3v) is 7.86. The maximum atomic E-state index is 11.2. The van der Waals surface area contributed by atoms with Crippen molar-refractivity contribution >= 4 is 10.9 Å². The number of hydrogen-bond acceptors (Lipinski definition) is 4. The van der Waals surface area contributed by atoms with E-state index < -0.39 is 12.2 Å². The number of aromatic nitrogens is 1. The molecule has 0 saturated carbocycles. The van der Waals surface area contributed by atoms with Gasteiger partial charge in [0.2, 0.25) is 0 Å². The minimum atomic E-state index is -0.528. The monoisotopic (exact) mass is 434 g/mol. The van der Waals surface area contributed by atoms with Gasteiger partial charge >= 0.3 is 0 Å². The Morgan fingerprint density at radius 2 is 1.78 bits per heavy atom. The van der Waals surface area contributed by atoms with Crippen LogP contribution >= 0.6 is 0 Å². The Labute approximate surface area is 190 Å². The molecule has 2 aromatic carbocycles. The fourth-order valence-electron chi connectivity index (χ4n) is 5.65. The molecule has 5 nitrogen and oxygen atoms in total. The van der Waals surface area contributed by atoms with Crippen molar-refractivity contribution < 1.29 is 14.9 Å². The highest BCUT2D eigenvalue weighted by Gasteiger charge is 2.43. The summed E-state index contributed by atoms with van der Waals surface area (Å²) in [4.78, 5) is 2.34. The summed E-state index contributed by atoms with van der Waals surface area (Å²) in [5, 5.41) is 23.2. The molecule has 170 valence electrons. The summed E-state index contributed by atoms with van der Waals surface area (Å²) in [6.45, 7) is 8.58. The average Bonchev–Trinajstić information content (AvgIpc) is 3.02. The van der Waals surface area contributed by atoms with E-state index in [-0.39, 0.29) is 5.60 Å². The molecular weight excluding hydrogens is 400 g/mol. The van der Waals surface area contributed by atoms with Crippen molar-refractivity contribution in [2.75, 3.05) is 19.6 Å². The Morgan fingerprint density at radius 3 is 2.53 bits per heavy atom. The molecule has 0 radical (unpaired) electrons. The van der Waals surface area contributed by atoms with Crippen LogP contribution in [0.1, 0.15) is 59.4 Å². The van der Waals surface area contributed by atoms with Crippen molar-refractivity contribution in [3.63, 3.8) is 0 Å². The molecule has 3 heterocycles. The molecular formula is C27H34N2O3. The third kappa shape index (κ3) is 3.53. The van der Waals surface area contributed by atoms with Crippen LogP contribution < -0.4 is 4.74 Å². The first-order chi connectivity index (χ1) is 15.3. The summed E-state index contributed by atoms with van der Waals surface area (Å²) in [7, 11) is 2.06. The molecule has 1 spiro atoms. The molecule has 3 aromatic rings. The molecule has 0 unspecified atom stereocenters. The second-order valence-corrected chi connectivity index (χ2v) is 9.87. The number of benzene rings is 2. The van der Waals surface area contributed by atoms with Gasteiger partial charge in [0.05, 0.1) is 12.2 Å². The number of likely N-dealkylation sites (tertiary alicyclic amines) is 1. The Morgan fingerprint density at radius 1 is 1.09 bits per heavy atom. The zero-order valence-electron chi connectivity index (χ0n) is 19.6. The van der Waals surface area contributed by atoms with Crippen molar-refractivity contribution in [3.05, 3.63) is 64.3 Å². The first-order valence-electron chi connectivity index (χ1n) is 11.7. The van der Waals surface area contributed by atoms with Crippen molar-refractivity contribution in [1.29, 1.82) is 0 Å². The van der Waals surface area contributed by atoms with Gasteiger partial charge in [-0.3, -0.25) is 0 Å². The number of aryl methyl sites for hydroxylation is 3. The molecule has 1 aromatic heterocycles. The highest BCUT2D eigenvalue weighted by molar-refractivity contribution is 5.85. The highest BCUT2D eigenvalue weighted by Crippen LogP contribution is 2.45. The predicted octanol–water partition coefficient (Wildman–Crippen LogP) is 4.49. The normalized spacial score (nSPS) is 21.5. The van der Waals surface area contributed by atoms with Crippen LogP contribution in [0.4, 0.5) is 0 Å². The lowest BCUT2D eigenvalue weighted by Gasteiger charge is -2.46. The molecule has 2 atom stereocenters. The minimum absolute atomic E-state index is 0.315. The van der Waals surface area contributed by atoms with Gasteiger partial charge in [-0.2, -0.15) is 0 Å². The van der Waals surface area contributed by atoms with Gasteiger partial charge in [-0.15, -0.1) is 0 Å². The second kappa shape index (κ2) is 7.91. The molecule has 5 heteroatoms. The van der Waals surface area contributed by atoms with Crippen LogP contribution in [0.25, 0.3) is 10.9 Å². The standard InChI is InChI=1S/C27H34N2O3/c1-17-13-21-23(30)15-27(32-25(21)14-18(17)2)9-11-29(12-10-27)16-24(31)26-19(3)28(4)22-8-6-5-7-20(22)26/h5-8,13-14,23-24,30-31H,9-12,15-16H2,1-4H3/t23-,24+/m0/s1. The van der Waals surface area contributed by atoms with Gasteiger partial charge in [0.15, 0.2) is 0 Å². The number of fused-ring (bicyclic) bond motifs is 2. The zero-order chi connectivity index (χ0) is 22.6. The largest absolute Gasteiger partial charge is 0.487 e. The lowest BCUT2D eigenvalue weighted by Crippen LogP contribution is -2.51. The molecule has 0 bridgehead atoms. The van der Waals surface area contributed by atoms with Gasteiger partial charge in [0.1, 0.15) is 11.4 Å². The summed E-state index contributed by atoms with van der Waals surface area (Å²) in [5.41, 5.74) is 6.30. The molecule has 2 N–H and O–H groups in total. The Balaban J connectivity index is 1.30. The van der Waals surface area contributed by atoms with E-state index in [0.717, 1.165) is 59.4 Å². The topological polar surface area (TPSA) is 57.9 Å². The number of ether oxygens (including phenoxy) is 1. The Bertz CT molecular complexity index is 1160. The summed E-state index contributed by atoms with van der Waals surface area (Å²) >= 11 is 0. The van der Waals surface area contributed by atoms with Gasteiger partial charge in [-0.25, -0.2) is 0 Å². The molecule has 1 saturated heterocycles. The smallest absolute Gasteiger partial charge is 0.126 e. The second-order valence-electron chi connectivity index (χ2n) is 9.87. The molecule has 0 aliphatic carbocycles. The molecule has 2 aliphatic heterocycles. The predicted molar refractivity (Wildman–Crippen MR) is 127 cm³/mol. The van der Waals surface area contributed by atoms with Crippen LogP contribution in [0.2, 0.25) is 0 Å². The summed E-state index contributed by atoms with van der Waals surface area (Å²) in [6.07, 6.45) is 1.35. The quantitative estimate of drug-likeness (QED) is 0.638. The Hall–Kier alpha value is -2.34. The highest BCUT2D eigenvalue weighted by atomic mass is 16.5. The van der Waals surface area contributed by atoms with Crippen molar-refractivity contribution in [3.8, 4) is 5.75 Å². The number of hydrogen-bond donors (Lipinski definition) is 2. The fraction of sp³-hybridized carbons (Fsp3) is 0.481. The number of rotatable bonds is 3. The van der Waals surface area contributed by atoms with Crippen LogP contribution in [0.3, 0.4) is 0 Å². The van der Waals surface area contributed by atoms with Gasteiger partial charge in [-0.1, -0.05) is 18.2 Å². The summed E-state index contributed by atoms with van der Waals surface area (Å²) < 4.78 is 8.70. The molecule has 5 rings (SSSR count).